The van der Waals surface area contributed by atoms with E-state index in [1.807, 2.05) is 0 Å². The maximum absolute atomic E-state index is 13.3. The van der Waals surface area contributed by atoms with E-state index >= 15 is 0 Å². The van der Waals surface area contributed by atoms with Crippen LogP contribution in [0.4, 0.5) is 4.39 Å². The summed E-state index contributed by atoms with van der Waals surface area (Å²) in [6.07, 6.45) is 8.50. The maximum atomic E-state index is 13.3. The Labute approximate surface area is 116 Å². The van der Waals surface area contributed by atoms with Gasteiger partial charge in [-0.25, -0.2) is 4.39 Å². The summed E-state index contributed by atoms with van der Waals surface area (Å²) in [7, 11) is 1.47. The molecule has 0 saturated carbocycles. The molecule has 0 fully saturated rings. The number of nitrogens with two attached hydrogens (primary N) is 1. The summed E-state index contributed by atoms with van der Waals surface area (Å²) in [5.74, 6) is -0.0612. The Bertz CT molecular complexity index is 368. The Morgan fingerprint density at radius 1 is 1.16 bits per heavy atom. The number of rotatable bonds is 9. The second kappa shape index (κ2) is 8.92. The van der Waals surface area contributed by atoms with Crippen molar-refractivity contribution in [1.29, 1.82) is 0 Å². The molecular weight excluding hydrogens is 241 g/mol. The first-order chi connectivity index (χ1) is 9.19. The van der Waals surface area contributed by atoms with Gasteiger partial charge in [0.25, 0.3) is 0 Å². The van der Waals surface area contributed by atoms with Crippen molar-refractivity contribution in [2.24, 2.45) is 5.73 Å². The van der Waals surface area contributed by atoms with E-state index in [1.165, 1.54) is 45.3 Å². The van der Waals surface area contributed by atoms with Crippen molar-refractivity contribution in [3.8, 4) is 5.75 Å². The van der Waals surface area contributed by atoms with Crippen molar-refractivity contribution >= 4 is 0 Å². The maximum Gasteiger partial charge on any atom is 0.165 e. The van der Waals surface area contributed by atoms with E-state index in [9.17, 15) is 4.39 Å². The fraction of sp³-hybridized carbons (Fsp3) is 0.625. The topological polar surface area (TPSA) is 35.2 Å². The first-order valence-electron chi connectivity index (χ1n) is 7.28. The molecule has 0 aliphatic heterocycles. The third-order valence-corrected chi connectivity index (χ3v) is 3.47. The average molecular weight is 267 g/mol. The van der Waals surface area contributed by atoms with Crippen LogP contribution < -0.4 is 10.5 Å². The summed E-state index contributed by atoms with van der Waals surface area (Å²) in [6.45, 7) is 2.22. The molecule has 1 unspecified atom stereocenters. The molecule has 0 radical (unpaired) electrons. The first-order valence-corrected chi connectivity index (χ1v) is 7.28. The van der Waals surface area contributed by atoms with Gasteiger partial charge in [-0.2, -0.15) is 0 Å². The highest BCUT2D eigenvalue weighted by Crippen LogP contribution is 2.24. The Hall–Kier alpha value is -1.09. The predicted octanol–water partition coefficient (Wildman–Crippen LogP) is 4.58. The second-order valence-corrected chi connectivity index (χ2v) is 5.06. The van der Waals surface area contributed by atoms with E-state index in [0.29, 0.717) is 0 Å². The highest BCUT2D eigenvalue weighted by Gasteiger charge is 2.09. The molecule has 3 heteroatoms. The van der Waals surface area contributed by atoms with Crippen molar-refractivity contribution in [3.05, 3.63) is 29.6 Å². The summed E-state index contributed by atoms with van der Waals surface area (Å²) >= 11 is 0. The van der Waals surface area contributed by atoms with Crippen molar-refractivity contribution in [2.75, 3.05) is 7.11 Å². The number of halogens is 1. The third-order valence-electron chi connectivity index (χ3n) is 3.47. The number of hydrogen-bond acceptors (Lipinski definition) is 2. The summed E-state index contributed by atoms with van der Waals surface area (Å²) in [6, 6.07) is 4.85. The Morgan fingerprint density at radius 3 is 2.53 bits per heavy atom. The van der Waals surface area contributed by atoms with Crippen LogP contribution in [0.1, 0.15) is 63.5 Å². The molecule has 0 spiro atoms. The Balaban J connectivity index is 2.34. The van der Waals surface area contributed by atoms with Crippen LogP contribution in [0.5, 0.6) is 5.75 Å². The zero-order chi connectivity index (χ0) is 14.1. The molecule has 0 bridgehead atoms. The fourth-order valence-electron chi connectivity index (χ4n) is 2.22. The third kappa shape index (κ3) is 5.60. The van der Waals surface area contributed by atoms with Crippen LogP contribution in [0, 0.1) is 5.82 Å². The van der Waals surface area contributed by atoms with Gasteiger partial charge in [0.05, 0.1) is 7.11 Å². The minimum Gasteiger partial charge on any atom is -0.494 e. The molecule has 0 amide bonds. The summed E-state index contributed by atoms with van der Waals surface area (Å²) in [4.78, 5) is 0. The van der Waals surface area contributed by atoms with Crippen molar-refractivity contribution in [3.63, 3.8) is 0 Å². The van der Waals surface area contributed by atoms with Gasteiger partial charge < -0.3 is 10.5 Å². The lowest BCUT2D eigenvalue weighted by Crippen LogP contribution is -2.10. The van der Waals surface area contributed by atoms with Gasteiger partial charge in [0.1, 0.15) is 0 Å². The van der Waals surface area contributed by atoms with Crippen LogP contribution in [0.3, 0.4) is 0 Å². The lowest BCUT2D eigenvalue weighted by Gasteiger charge is -2.13. The van der Waals surface area contributed by atoms with Gasteiger partial charge in [-0.15, -0.1) is 0 Å². The largest absolute Gasteiger partial charge is 0.494 e. The Morgan fingerprint density at radius 2 is 1.84 bits per heavy atom. The second-order valence-electron chi connectivity index (χ2n) is 5.06. The van der Waals surface area contributed by atoms with Gasteiger partial charge >= 0.3 is 0 Å². The zero-order valence-corrected chi connectivity index (χ0v) is 12.1. The van der Waals surface area contributed by atoms with Crippen LogP contribution in [-0.4, -0.2) is 7.11 Å². The predicted molar refractivity (Wildman–Crippen MR) is 77.9 cm³/mol. The molecule has 1 rings (SSSR count). The molecule has 0 aromatic heterocycles. The van der Waals surface area contributed by atoms with Gasteiger partial charge in [-0.1, -0.05) is 51.5 Å². The normalized spacial score (nSPS) is 12.4. The summed E-state index contributed by atoms with van der Waals surface area (Å²) in [5, 5.41) is 0. The number of unbranched alkanes of at least 4 members (excludes halogenated alkanes) is 5. The van der Waals surface area contributed by atoms with E-state index in [4.69, 9.17) is 10.5 Å². The number of ether oxygens (including phenoxy) is 1. The van der Waals surface area contributed by atoms with E-state index in [2.05, 4.69) is 6.92 Å². The molecule has 0 saturated heterocycles. The Kier molecular flexibility index (Phi) is 7.49. The lowest BCUT2D eigenvalue weighted by molar-refractivity contribution is 0.385. The SMILES string of the molecule is CCCCCCCCC(N)c1ccc(F)c(OC)c1. The van der Waals surface area contributed by atoms with Crippen molar-refractivity contribution < 1.29 is 9.13 Å². The van der Waals surface area contributed by atoms with Gasteiger partial charge in [0.15, 0.2) is 11.6 Å². The van der Waals surface area contributed by atoms with Gasteiger partial charge in [-0.3, -0.25) is 0 Å². The van der Waals surface area contributed by atoms with E-state index in [1.54, 1.807) is 12.1 Å². The van der Waals surface area contributed by atoms with Crippen LogP contribution in [-0.2, 0) is 0 Å². The van der Waals surface area contributed by atoms with E-state index in [-0.39, 0.29) is 17.6 Å². The zero-order valence-electron chi connectivity index (χ0n) is 12.1. The highest BCUT2D eigenvalue weighted by atomic mass is 19.1. The van der Waals surface area contributed by atoms with E-state index < -0.39 is 0 Å². The molecule has 1 aromatic rings. The molecule has 2 nitrogen and oxygen atoms in total. The van der Waals surface area contributed by atoms with Crippen molar-refractivity contribution in [1.82, 2.24) is 0 Å². The molecule has 0 aliphatic carbocycles. The smallest absolute Gasteiger partial charge is 0.165 e. The molecule has 108 valence electrons. The standard InChI is InChI=1S/C16H26FNO/c1-3-4-5-6-7-8-9-15(18)13-10-11-14(17)16(12-13)19-2/h10-12,15H,3-9,18H2,1-2H3. The molecule has 1 aromatic carbocycles. The quantitative estimate of drug-likeness (QED) is 0.664. The summed E-state index contributed by atoms with van der Waals surface area (Å²) < 4.78 is 18.3. The summed E-state index contributed by atoms with van der Waals surface area (Å²) in [5.41, 5.74) is 7.08. The van der Waals surface area contributed by atoms with Gasteiger partial charge in [0.2, 0.25) is 0 Å². The van der Waals surface area contributed by atoms with E-state index in [0.717, 1.165) is 18.4 Å². The molecule has 2 N–H and O–H groups in total. The first kappa shape index (κ1) is 16.0. The number of methoxy groups -OCH3 is 1. The molecular formula is C16H26FNO. The highest BCUT2D eigenvalue weighted by molar-refractivity contribution is 5.31. The van der Waals surface area contributed by atoms with Crippen LogP contribution in [0.2, 0.25) is 0 Å². The minimum atomic E-state index is -0.335. The van der Waals surface area contributed by atoms with Crippen molar-refractivity contribution in [2.45, 2.75) is 57.9 Å². The molecule has 0 aliphatic rings. The lowest BCUT2D eigenvalue weighted by atomic mass is 10.00. The average Bonchev–Trinajstić information content (AvgIpc) is 2.43. The molecule has 0 heterocycles. The molecule has 1 atom stereocenters. The monoisotopic (exact) mass is 267 g/mol. The van der Waals surface area contributed by atoms with Crippen LogP contribution in [0.15, 0.2) is 18.2 Å². The number of hydrogen-bond donors (Lipinski definition) is 1. The van der Waals surface area contributed by atoms with Crippen LogP contribution in [0.25, 0.3) is 0 Å². The van der Waals surface area contributed by atoms with Gasteiger partial charge in [0, 0.05) is 6.04 Å². The minimum absolute atomic E-state index is 0.0272. The number of benzene rings is 1. The van der Waals surface area contributed by atoms with Crippen LogP contribution >= 0.6 is 0 Å². The fourth-order valence-corrected chi connectivity index (χ4v) is 2.22. The molecule has 19 heavy (non-hydrogen) atoms. The van der Waals surface area contributed by atoms with Gasteiger partial charge in [-0.05, 0) is 24.1 Å².